The molecule has 20 heavy (non-hydrogen) atoms. The van der Waals surface area contributed by atoms with Crippen molar-refractivity contribution in [2.45, 2.75) is 33.1 Å². The fourth-order valence-electron chi connectivity index (χ4n) is 2.51. The Morgan fingerprint density at radius 2 is 2.20 bits per heavy atom. The minimum absolute atomic E-state index is 0.620. The van der Waals surface area contributed by atoms with Crippen molar-refractivity contribution in [3.63, 3.8) is 0 Å². The molecule has 0 radical (unpaired) electrons. The van der Waals surface area contributed by atoms with E-state index in [1.165, 1.54) is 12.0 Å². The molecule has 0 bridgehead atoms. The molecule has 1 aliphatic heterocycles. The van der Waals surface area contributed by atoms with Gasteiger partial charge in [0.2, 0.25) is 5.88 Å². The van der Waals surface area contributed by atoms with Gasteiger partial charge in [-0.25, -0.2) is 4.98 Å². The first-order valence-electron chi connectivity index (χ1n) is 7.14. The molecule has 1 aromatic heterocycles. The summed E-state index contributed by atoms with van der Waals surface area (Å²) in [6.45, 7) is 4.97. The summed E-state index contributed by atoms with van der Waals surface area (Å²) < 4.78 is 5.99. The topological polar surface area (TPSA) is 47.0 Å². The first-order chi connectivity index (χ1) is 9.76. The van der Waals surface area contributed by atoms with Crippen LogP contribution in [0.25, 0.3) is 0 Å². The van der Waals surface area contributed by atoms with Crippen molar-refractivity contribution in [2.75, 3.05) is 11.9 Å². The Bertz CT molecular complexity index is 625. The first-order valence-corrected chi connectivity index (χ1v) is 7.14. The number of anilines is 1. The van der Waals surface area contributed by atoms with Crippen molar-refractivity contribution < 1.29 is 4.74 Å². The van der Waals surface area contributed by atoms with Gasteiger partial charge in [-0.1, -0.05) is 19.1 Å². The second-order valence-corrected chi connectivity index (χ2v) is 5.02. The zero-order chi connectivity index (χ0) is 13.9. The van der Waals surface area contributed by atoms with Crippen LogP contribution in [0.3, 0.4) is 0 Å². The van der Waals surface area contributed by atoms with E-state index in [1.807, 2.05) is 25.1 Å². The molecule has 0 spiro atoms. The molecule has 0 unspecified atom stereocenters. The summed E-state index contributed by atoms with van der Waals surface area (Å²) >= 11 is 0. The van der Waals surface area contributed by atoms with Gasteiger partial charge in [-0.15, -0.1) is 0 Å². The molecule has 2 aromatic rings. The number of fused-ring (bicyclic) bond motifs is 1. The summed E-state index contributed by atoms with van der Waals surface area (Å²) in [6, 6.07) is 8.09. The Kier molecular flexibility index (Phi) is 3.54. The van der Waals surface area contributed by atoms with Crippen LogP contribution in [0.1, 0.15) is 30.4 Å². The fraction of sp³-hybridized carbons (Fsp3) is 0.375. The molecule has 0 saturated heterocycles. The van der Waals surface area contributed by atoms with Gasteiger partial charge >= 0.3 is 0 Å². The molecule has 1 aromatic carbocycles. The number of benzene rings is 1. The number of aromatic nitrogens is 2. The molecule has 1 N–H and O–H groups in total. The Morgan fingerprint density at radius 1 is 1.30 bits per heavy atom. The zero-order valence-corrected chi connectivity index (χ0v) is 11.9. The quantitative estimate of drug-likeness (QED) is 0.926. The predicted molar refractivity (Wildman–Crippen MR) is 79.5 cm³/mol. The number of hydrogen-bond acceptors (Lipinski definition) is 4. The van der Waals surface area contributed by atoms with Gasteiger partial charge in [0.25, 0.3) is 0 Å². The third kappa shape index (κ3) is 2.59. The average Bonchev–Trinajstić information content (AvgIpc) is 2.47. The van der Waals surface area contributed by atoms with E-state index in [0.717, 1.165) is 42.3 Å². The summed E-state index contributed by atoms with van der Waals surface area (Å²) in [7, 11) is 0. The predicted octanol–water partition coefficient (Wildman–Crippen LogP) is 3.50. The standard InChI is InChI=1S/C16H19N3O/c1-3-13-10-15(19-11(2)18-13)20-14-8-4-6-12-7-5-9-17-16(12)14/h4,6,8,10,17H,3,5,7,9H2,1-2H3. The fourth-order valence-corrected chi connectivity index (χ4v) is 2.51. The summed E-state index contributed by atoms with van der Waals surface area (Å²) in [5.74, 6) is 2.22. The van der Waals surface area contributed by atoms with Gasteiger partial charge in [0.05, 0.1) is 5.69 Å². The van der Waals surface area contributed by atoms with Crippen molar-refractivity contribution in [1.29, 1.82) is 0 Å². The van der Waals surface area contributed by atoms with E-state index in [1.54, 1.807) is 0 Å². The normalized spacial score (nSPS) is 13.5. The van der Waals surface area contributed by atoms with Gasteiger partial charge < -0.3 is 10.1 Å². The summed E-state index contributed by atoms with van der Waals surface area (Å²) in [5, 5.41) is 3.43. The van der Waals surface area contributed by atoms with Gasteiger partial charge in [-0.3, -0.25) is 0 Å². The van der Waals surface area contributed by atoms with E-state index in [0.29, 0.717) is 5.88 Å². The maximum atomic E-state index is 5.99. The van der Waals surface area contributed by atoms with Crippen LogP contribution in [0, 0.1) is 6.92 Å². The monoisotopic (exact) mass is 269 g/mol. The molecule has 0 saturated carbocycles. The number of aryl methyl sites for hydroxylation is 3. The largest absolute Gasteiger partial charge is 0.437 e. The molecule has 2 heterocycles. The van der Waals surface area contributed by atoms with E-state index in [9.17, 15) is 0 Å². The molecule has 4 heteroatoms. The van der Waals surface area contributed by atoms with Crippen molar-refractivity contribution in [3.8, 4) is 11.6 Å². The van der Waals surface area contributed by atoms with Crippen LogP contribution >= 0.6 is 0 Å². The summed E-state index contributed by atoms with van der Waals surface area (Å²) in [6.07, 6.45) is 3.15. The highest BCUT2D eigenvalue weighted by Gasteiger charge is 2.14. The molecular weight excluding hydrogens is 250 g/mol. The van der Waals surface area contributed by atoms with Crippen LogP contribution in [-0.4, -0.2) is 16.5 Å². The lowest BCUT2D eigenvalue weighted by Crippen LogP contribution is -2.12. The highest BCUT2D eigenvalue weighted by atomic mass is 16.5. The van der Waals surface area contributed by atoms with E-state index in [-0.39, 0.29) is 0 Å². The Morgan fingerprint density at radius 3 is 3.05 bits per heavy atom. The van der Waals surface area contributed by atoms with Crippen LogP contribution in [-0.2, 0) is 12.8 Å². The average molecular weight is 269 g/mol. The highest BCUT2D eigenvalue weighted by molar-refractivity contribution is 5.64. The third-order valence-electron chi connectivity index (χ3n) is 3.48. The van der Waals surface area contributed by atoms with Crippen molar-refractivity contribution in [1.82, 2.24) is 9.97 Å². The molecule has 0 fully saturated rings. The first kappa shape index (κ1) is 12.9. The van der Waals surface area contributed by atoms with Gasteiger partial charge in [-0.05, 0) is 37.8 Å². The van der Waals surface area contributed by atoms with E-state index in [2.05, 4.69) is 28.3 Å². The summed E-state index contributed by atoms with van der Waals surface area (Å²) in [5.41, 5.74) is 3.42. The molecule has 3 rings (SSSR count). The van der Waals surface area contributed by atoms with Crippen molar-refractivity contribution >= 4 is 5.69 Å². The Hall–Kier alpha value is -2.10. The highest BCUT2D eigenvalue weighted by Crippen LogP contribution is 2.34. The minimum atomic E-state index is 0.620. The van der Waals surface area contributed by atoms with E-state index >= 15 is 0 Å². The van der Waals surface area contributed by atoms with Gasteiger partial charge in [0, 0.05) is 18.3 Å². The molecule has 0 amide bonds. The van der Waals surface area contributed by atoms with E-state index in [4.69, 9.17) is 4.74 Å². The smallest absolute Gasteiger partial charge is 0.222 e. The lowest BCUT2D eigenvalue weighted by Gasteiger charge is -2.20. The SMILES string of the molecule is CCc1cc(Oc2cccc3c2NCCC3)nc(C)n1. The van der Waals surface area contributed by atoms with Gasteiger partial charge in [0.1, 0.15) is 5.82 Å². The number of para-hydroxylation sites is 1. The summed E-state index contributed by atoms with van der Waals surface area (Å²) in [4.78, 5) is 8.74. The van der Waals surface area contributed by atoms with Crippen LogP contribution in [0.4, 0.5) is 5.69 Å². The molecule has 4 nitrogen and oxygen atoms in total. The van der Waals surface area contributed by atoms with E-state index < -0.39 is 0 Å². The lowest BCUT2D eigenvalue weighted by molar-refractivity contribution is 0.458. The maximum absolute atomic E-state index is 5.99. The number of hydrogen-bond donors (Lipinski definition) is 1. The van der Waals surface area contributed by atoms with Crippen molar-refractivity contribution in [3.05, 3.63) is 41.3 Å². The van der Waals surface area contributed by atoms with Crippen LogP contribution < -0.4 is 10.1 Å². The van der Waals surface area contributed by atoms with Gasteiger partial charge in [-0.2, -0.15) is 4.98 Å². The number of rotatable bonds is 3. The Balaban J connectivity index is 1.93. The molecular formula is C16H19N3O. The molecule has 1 aliphatic rings. The molecule has 0 atom stereocenters. The van der Waals surface area contributed by atoms with Crippen LogP contribution in [0.5, 0.6) is 11.6 Å². The van der Waals surface area contributed by atoms with Crippen LogP contribution in [0.15, 0.2) is 24.3 Å². The zero-order valence-electron chi connectivity index (χ0n) is 11.9. The van der Waals surface area contributed by atoms with Crippen LogP contribution in [0.2, 0.25) is 0 Å². The number of nitrogens with zero attached hydrogens (tertiary/aromatic N) is 2. The molecule has 0 aliphatic carbocycles. The lowest BCUT2D eigenvalue weighted by atomic mass is 10.0. The third-order valence-corrected chi connectivity index (χ3v) is 3.48. The number of ether oxygens (including phenoxy) is 1. The maximum Gasteiger partial charge on any atom is 0.222 e. The Labute approximate surface area is 119 Å². The minimum Gasteiger partial charge on any atom is -0.437 e. The number of nitrogens with one attached hydrogen (secondary N) is 1. The van der Waals surface area contributed by atoms with Gasteiger partial charge in [0.15, 0.2) is 5.75 Å². The van der Waals surface area contributed by atoms with Crippen molar-refractivity contribution in [2.24, 2.45) is 0 Å². The second kappa shape index (κ2) is 5.49. The molecule has 104 valence electrons. The second-order valence-electron chi connectivity index (χ2n) is 5.02.